The number of rotatable bonds is 6. The number of fused-ring (bicyclic) bond motifs is 1. The van der Waals surface area contributed by atoms with Gasteiger partial charge in [-0.15, -0.1) is 6.58 Å². The van der Waals surface area contributed by atoms with Gasteiger partial charge in [0.1, 0.15) is 5.82 Å². The first kappa shape index (κ1) is 18.8. The number of hydrogen-bond donors (Lipinski definition) is 1. The summed E-state index contributed by atoms with van der Waals surface area (Å²) in [5.41, 5.74) is 1.24. The number of para-hydroxylation sites is 1. The molecule has 0 aliphatic rings. The number of carbonyl (C=O) groups excluding carboxylic acids is 1. The van der Waals surface area contributed by atoms with Gasteiger partial charge in [0, 0.05) is 12.7 Å². The van der Waals surface area contributed by atoms with Gasteiger partial charge in [-0.2, -0.15) is 0 Å². The third kappa shape index (κ3) is 3.93. The van der Waals surface area contributed by atoms with E-state index in [1.165, 1.54) is 16.3 Å². The highest BCUT2D eigenvalue weighted by Crippen LogP contribution is 2.25. The van der Waals surface area contributed by atoms with Crippen molar-refractivity contribution in [2.45, 2.75) is 24.3 Å². The Morgan fingerprint density at radius 1 is 1.33 bits per heavy atom. The SMILES string of the molecule is C=CCNC(=O)C(C)Sc1nc2ccccc2c(=O)n1-c1ncccc1C. The highest BCUT2D eigenvalue weighted by molar-refractivity contribution is 8.00. The first-order valence-electron chi connectivity index (χ1n) is 8.52. The Hall–Kier alpha value is -2.93. The number of nitrogens with zero attached hydrogens (tertiary/aromatic N) is 3. The van der Waals surface area contributed by atoms with E-state index in [0.717, 1.165) is 5.56 Å². The molecule has 1 aromatic carbocycles. The molecule has 0 aliphatic carbocycles. The van der Waals surface area contributed by atoms with Crippen LogP contribution in [-0.2, 0) is 4.79 Å². The third-order valence-electron chi connectivity index (χ3n) is 4.01. The lowest BCUT2D eigenvalue weighted by molar-refractivity contribution is -0.120. The summed E-state index contributed by atoms with van der Waals surface area (Å²) in [5, 5.41) is 3.27. The lowest BCUT2D eigenvalue weighted by Crippen LogP contribution is -2.32. The van der Waals surface area contributed by atoms with Crippen LogP contribution in [0.2, 0.25) is 0 Å². The van der Waals surface area contributed by atoms with Crippen LogP contribution in [0.5, 0.6) is 0 Å². The molecule has 2 heterocycles. The van der Waals surface area contributed by atoms with Crippen molar-refractivity contribution in [3.63, 3.8) is 0 Å². The molecule has 1 atom stereocenters. The van der Waals surface area contributed by atoms with Crippen molar-refractivity contribution in [2.75, 3.05) is 6.54 Å². The van der Waals surface area contributed by atoms with Crippen LogP contribution in [0.25, 0.3) is 16.7 Å². The van der Waals surface area contributed by atoms with Crippen LogP contribution >= 0.6 is 11.8 Å². The monoisotopic (exact) mass is 380 g/mol. The van der Waals surface area contributed by atoms with Crippen molar-refractivity contribution < 1.29 is 4.79 Å². The Bertz CT molecular complexity index is 1060. The van der Waals surface area contributed by atoms with Crippen molar-refractivity contribution in [3.05, 3.63) is 71.2 Å². The van der Waals surface area contributed by atoms with E-state index in [1.54, 1.807) is 37.4 Å². The summed E-state index contributed by atoms with van der Waals surface area (Å²) < 4.78 is 1.49. The molecule has 0 saturated heterocycles. The third-order valence-corrected chi connectivity index (χ3v) is 5.06. The molecule has 27 heavy (non-hydrogen) atoms. The van der Waals surface area contributed by atoms with Crippen LogP contribution in [0.15, 0.2) is 65.2 Å². The average molecular weight is 380 g/mol. The summed E-state index contributed by atoms with van der Waals surface area (Å²) >= 11 is 1.23. The van der Waals surface area contributed by atoms with Crippen molar-refractivity contribution in [3.8, 4) is 5.82 Å². The summed E-state index contributed by atoms with van der Waals surface area (Å²) in [4.78, 5) is 34.5. The predicted octanol–water partition coefficient (Wildman–Crippen LogP) is 2.87. The van der Waals surface area contributed by atoms with Gasteiger partial charge in [-0.25, -0.2) is 14.5 Å². The smallest absolute Gasteiger partial charge is 0.267 e. The quantitative estimate of drug-likeness (QED) is 0.404. The number of benzene rings is 1. The molecule has 0 spiro atoms. The standard InChI is InChI=1S/C20H20N4O2S/c1-4-11-22-18(25)14(3)27-20-23-16-10-6-5-9-15(16)19(26)24(20)17-13(2)8-7-12-21-17/h4-10,12,14H,1,11H2,2-3H3,(H,22,25). The summed E-state index contributed by atoms with van der Waals surface area (Å²) in [5.74, 6) is 0.369. The van der Waals surface area contributed by atoms with Gasteiger partial charge in [0.05, 0.1) is 16.2 Å². The van der Waals surface area contributed by atoms with Crippen LogP contribution < -0.4 is 10.9 Å². The zero-order valence-electron chi connectivity index (χ0n) is 15.2. The molecule has 7 heteroatoms. The molecule has 0 saturated carbocycles. The Labute approximate surface area is 161 Å². The van der Waals surface area contributed by atoms with E-state index < -0.39 is 5.25 Å². The summed E-state index contributed by atoms with van der Waals surface area (Å²) in [6.45, 7) is 7.65. The number of hydrogen-bond acceptors (Lipinski definition) is 5. The average Bonchev–Trinajstić information content (AvgIpc) is 2.67. The lowest BCUT2D eigenvalue weighted by atomic mass is 10.2. The lowest BCUT2D eigenvalue weighted by Gasteiger charge is -2.16. The van der Waals surface area contributed by atoms with E-state index in [2.05, 4.69) is 21.9 Å². The highest BCUT2D eigenvalue weighted by Gasteiger charge is 2.21. The molecular formula is C20H20N4O2S. The van der Waals surface area contributed by atoms with Crippen LogP contribution in [-0.4, -0.2) is 32.2 Å². The molecule has 2 aromatic heterocycles. The van der Waals surface area contributed by atoms with E-state index >= 15 is 0 Å². The van der Waals surface area contributed by atoms with Crippen LogP contribution in [0.3, 0.4) is 0 Å². The van der Waals surface area contributed by atoms with E-state index in [1.807, 2.05) is 25.1 Å². The van der Waals surface area contributed by atoms with Crippen LogP contribution in [0.1, 0.15) is 12.5 Å². The number of carbonyl (C=O) groups is 1. The molecule has 0 radical (unpaired) electrons. The fraction of sp³-hybridized carbons (Fsp3) is 0.200. The second-order valence-electron chi connectivity index (χ2n) is 5.99. The molecular weight excluding hydrogens is 360 g/mol. The zero-order chi connectivity index (χ0) is 19.4. The molecule has 6 nitrogen and oxygen atoms in total. The summed E-state index contributed by atoms with van der Waals surface area (Å²) in [6.07, 6.45) is 3.26. The number of amides is 1. The Morgan fingerprint density at radius 2 is 2.11 bits per heavy atom. The number of aryl methyl sites for hydroxylation is 1. The molecule has 0 aliphatic heterocycles. The largest absolute Gasteiger partial charge is 0.352 e. The molecule has 1 unspecified atom stereocenters. The number of nitrogens with one attached hydrogen (secondary N) is 1. The maximum absolute atomic E-state index is 13.2. The molecule has 0 bridgehead atoms. The maximum Gasteiger partial charge on any atom is 0.267 e. The fourth-order valence-electron chi connectivity index (χ4n) is 2.62. The van der Waals surface area contributed by atoms with Crippen molar-refractivity contribution >= 4 is 28.6 Å². The molecule has 1 amide bonds. The zero-order valence-corrected chi connectivity index (χ0v) is 16.0. The minimum atomic E-state index is -0.437. The number of aromatic nitrogens is 3. The van der Waals surface area contributed by atoms with E-state index in [9.17, 15) is 9.59 Å². The van der Waals surface area contributed by atoms with Gasteiger partial charge >= 0.3 is 0 Å². The number of thioether (sulfide) groups is 1. The van der Waals surface area contributed by atoms with Crippen LogP contribution in [0, 0.1) is 6.92 Å². The molecule has 138 valence electrons. The highest BCUT2D eigenvalue weighted by atomic mass is 32.2. The minimum absolute atomic E-state index is 0.147. The topological polar surface area (TPSA) is 76.9 Å². The minimum Gasteiger partial charge on any atom is -0.352 e. The van der Waals surface area contributed by atoms with Gasteiger partial charge in [-0.05, 0) is 37.6 Å². The fourth-order valence-corrected chi connectivity index (χ4v) is 3.55. The van der Waals surface area contributed by atoms with E-state index in [4.69, 9.17) is 0 Å². The molecule has 0 fully saturated rings. The van der Waals surface area contributed by atoms with E-state index in [0.29, 0.717) is 28.4 Å². The van der Waals surface area contributed by atoms with Crippen molar-refractivity contribution in [1.82, 2.24) is 19.9 Å². The van der Waals surface area contributed by atoms with Crippen LogP contribution in [0.4, 0.5) is 0 Å². The first-order chi connectivity index (χ1) is 13.0. The van der Waals surface area contributed by atoms with Crippen molar-refractivity contribution in [1.29, 1.82) is 0 Å². The Balaban J connectivity index is 2.14. The van der Waals surface area contributed by atoms with Gasteiger partial charge in [-0.3, -0.25) is 9.59 Å². The summed E-state index contributed by atoms with van der Waals surface area (Å²) in [7, 11) is 0. The maximum atomic E-state index is 13.2. The second-order valence-corrected chi connectivity index (χ2v) is 7.30. The van der Waals surface area contributed by atoms with Gasteiger partial charge in [0.25, 0.3) is 5.56 Å². The normalized spacial score (nSPS) is 11.9. The first-order valence-corrected chi connectivity index (χ1v) is 9.40. The van der Waals surface area contributed by atoms with E-state index in [-0.39, 0.29) is 11.5 Å². The molecule has 1 N–H and O–H groups in total. The van der Waals surface area contributed by atoms with Crippen molar-refractivity contribution in [2.24, 2.45) is 0 Å². The van der Waals surface area contributed by atoms with Gasteiger partial charge in [0.2, 0.25) is 5.91 Å². The molecule has 3 aromatic rings. The van der Waals surface area contributed by atoms with Gasteiger partial charge in [0.15, 0.2) is 5.16 Å². The second kappa shape index (κ2) is 8.18. The van der Waals surface area contributed by atoms with Gasteiger partial charge in [-0.1, -0.05) is 36.0 Å². The Kier molecular flexibility index (Phi) is 5.71. The Morgan fingerprint density at radius 3 is 2.85 bits per heavy atom. The summed E-state index contributed by atoms with van der Waals surface area (Å²) in [6, 6.07) is 10.9. The van der Waals surface area contributed by atoms with Gasteiger partial charge < -0.3 is 5.32 Å². The number of pyridine rings is 1. The predicted molar refractivity (Wildman–Crippen MR) is 108 cm³/mol. The molecule has 3 rings (SSSR count).